The van der Waals surface area contributed by atoms with Crippen LogP contribution >= 0.6 is 15.9 Å². The molecule has 0 aliphatic rings. The minimum absolute atomic E-state index is 0.260. The molecule has 0 atom stereocenters. The molecule has 1 N–H and O–H groups in total. The fraction of sp³-hybridized carbons (Fsp3) is 0.111. The van der Waals surface area contributed by atoms with Gasteiger partial charge in [0.05, 0.1) is 17.3 Å². The van der Waals surface area contributed by atoms with Crippen molar-refractivity contribution in [2.75, 3.05) is 0 Å². The first kappa shape index (κ1) is 9.21. The predicted molar refractivity (Wildman–Crippen MR) is 55.4 cm³/mol. The Bertz CT molecular complexity index is 519. The van der Waals surface area contributed by atoms with E-state index in [-0.39, 0.29) is 5.56 Å². The van der Waals surface area contributed by atoms with Gasteiger partial charge in [0.2, 0.25) is 0 Å². The minimum atomic E-state index is -0.949. The number of benzene rings is 1. The van der Waals surface area contributed by atoms with E-state index in [0.29, 0.717) is 9.86 Å². The molecule has 2 rings (SSSR count). The molecule has 0 unspecified atom stereocenters. The van der Waals surface area contributed by atoms with Crippen molar-refractivity contribution in [3.63, 3.8) is 0 Å². The van der Waals surface area contributed by atoms with Crippen LogP contribution in [0.3, 0.4) is 0 Å². The lowest BCUT2D eigenvalue weighted by Crippen LogP contribution is -1.98. The summed E-state index contributed by atoms with van der Waals surface area (Å²) in [5.41, 5.74) is 1.07. The average molecular weight is 255 g/mol. The molecule has 0 fully saturated rings. The predicted octanol–water partition coefficient (Wildman–Crippen LogP) is 2.03. The third-order valence-electron chi connectivity index (χ3n) is 2.09. The largest absolute Gasteiger partial charge is 0.478 e. The van der Waals surface area contributed by atoms with Crippen LogP contribution in [-0.4, -0.2) is 20.9 Å². The molecule has 1 aromatic heterocycles. The summed E-state index contributed by atoms with van der Waals surface area (Å²) < 4.78 is 2.22. The summed E-state index contributed by atoms with van der Waals surface area (Å²) in [5, 5.41) is 13.7. The van der Waals surface area contributed by atoms with E-state index in [1.807, 2.05) is 6.07 Å². The Morgan fingerprint density at radius 2 is 2.29 bits per heavy atom. The molecular formula is C9H7BrN2O2. The number of halogens is 1. The highest BCUT2D eigenvalue weighted by Crippen LogP contribution is 2.25. The van der Waals surface area contributed by atoms with Gasteiger partial charge in [-0.15, -0.1) is 0 Å². The molecule has 0 saturated heterocycles. The topological polar surface area (TPSA) is 55.1 Å². The van der Waals surface area contributed by atoms with Crippen molar-refractivity contribution in [1.82, 2.24) is 9.78 Å². The first-order valence-electron chi connectivity index (χ1n) is 3.95. The second-order valence-electron chi connectivity index (χ2n) is 2.93. The van der Waals surface area contributed by atoms with E-state index in [9.17, 15) is 4.79 Å². The van der Waals surface area contributed by atoms with E-state index in [1.54, 1.807) is 24.0 Å². The molecule has 0 radical (unpaired) electrons. The number of carboxylic acids is 1. The number of hydrogen-bond donors (Lipinski definition) is 1. The summed E-state index contributed by atoms with van der Waals surface area (Å²) in [6.07, 6.45) is 1.56. The molecule has 4 nitrogen and oxygen atoms in total. The first-order valence-corrected chi connectivity index (χ1v) is 4.74. The van der Waals surface area contributed by atoms with Crippen molar-refractivity contribution in [3.05, 3.63) is 28.4 Å². The van der Waals surface area contributed by atoms with E-state index >= 15 is 0 Å². The lowest BCUT2D eigenvalue weighted by molar-refractivity contribution is 0.0698. The summed E-state index contributed by atoms with van der Waals surface area (Å²) in [6.45, 7) is 0. The average Bonchev–Trinajstić information content (AvgIpc) is 2.47. The zero-order valence-corrected chi connectivity index (χ0v) is 8.95. The number of nitrogens with zero attached hydrogens (tertiary/aromatic N) is 2. The summed E-state index contributed by atoms with van der Waals surface area (Å²) in [5.74, 6) is -0.949. The van der Waals surface area contributed by atoms with E-state index in [1.165, 1.54) is 0 Å². The van der Waals surface area contributed by atoms with Gasteiger partial charge < -0.3 is 5.11 Å². The van der Waals surface area contributed by atoms with Crippen LogP contribution in [0.4, 0.5) is 0 Å². The maximum absolute atomic E-state index is 11.0. The van der Waals surface area contributed by atoms with E-state index in [2.05, 4.69) is 21.0 Å². The Hall–Kier alpha value is -1.36. The van der Waals surface area contributed by atoms with Crippen molar-refractivity contribution in [3.8, 4) is 0 Å². The van der Waals surface area contributed by atoms with Gasteiger partial charge in [-0.3, -0.25) is 4.68 Å². The SMILES string of the molecule is Cn1ncc2c(C(=O)O)c(Br)ccc21. The molecule has 5 heteroatoms. The number of aromatic carboxylic acids is 1. The summed E-state index contributed by atoms with van der Waals surface area (Å²) in [4.78, 5) is 11.0. The monoisotopic (exact) mass is 254 g/mol. The number of carbonyl (C=O) groups is 1. The highest BCUT2D eigenvalue weighted by Gasteiger charge is 2.14. The first-order chi connectivity index (χ1) is 6.61. The van der Waals surface area contributed by atoms with Crippen molar-refractivity contribution < 1.29 is 9.90 Å². The molecule has 0 spiro atoms. The summed E-state index contributed by atoms with van der Waals surface area (Å²) in [7, 11) is 1.78. The second kappa shape index (κ2) is 3.09. The number of rotatable bonds is 1. The van der Waals surface area contributed by atoms with Gasteiger partial charge in [-0.25, -0.2) is 4.79 Å². The van der Waals surface area contributed by atoms with Gasteiger partial charge in [0, 0.05) is 16.9 Å². The number of fused-ring (bicyclic) bond motifs is 1. The van der Waals surface area contributed by atoms with Crippen LogP contribution in [0.15, 0.2) is 22.8 Å². The highest BCUT2D eigenvalue weighted by molar-refractivity contribution is 9.10. The van der Waals surface area contributed by atoms with Crippen molar-refractivity contribution in [2.24, 2.45) is 7.05 Å². The van der Waals surface area contributed by atoms with Gasteiger partial charge in [0.1, 0.15) is 0 Å². The van der Waals surface area contributed by atoms with Gasteiger partial charge in [0.25, 0.3) is 0 Å². The molecule has 0 aliphatic heterocycles. The quantitative estimate of drug-likeness (QED) is 0.848. The Morgan fingerprint density at radius 3 is 2.93 bits per heavy atom. The summed E-state index contributed by atoms with van der Waals surface area (Å²) >= 11 is 3.21. The zero-order chi connectivity index (χ0) is 10.3. The number of aromatic nitrogens is 2. The lowest BCUT2D eigenvalue weighted by Gasteiger charge is -2.00. The lowest BCUT2D eigenvalue weighted by atomic mass is 10.1. The number of aryl methyl sites for hydroxylation is 1. The van der Waals surface area contributed by atoms with Crippen LogP contribution in [0.5, 0.6) is 0 Å². The van der Waals surface area contributed by atoms with Crippen LogP contribution in [0.25, 0.3) is 10.9 Å². The molecule has 1 aromatic carbocycles. The maximum atomic E-state index is 11.0. The van der Waals surface area contributed by atoms with Gasteiger partial charge in [-0.2, -0.15) is 5.10 Å². The van der Waals surface area contributed by atoms with Crippen LogP contribution < -0.4 is 0 Å². The van der Waals surface area contributed by atoms with Gasteiger partial charge in [-0.05, 0) is 28.1 Å². The van der Waals surface area contributed by atoms with E-state index < -0.39 is 5.97 Å². The normalized spacial score (nSPS) is 10.7. The summed E-state index contributed by atoms with van der Waals surface area (Å²) in [6, 6.07) is 3.55. The van der Waals surface area contributed by atoms with Crippen molar-refractivity contribution in [2.45, 2.75) is 0 Å². The van der Waals surface area contributed by atoms with E-state index in [4.69, 9.17) is 5.11 Å². The molecule has 2 aromatic rings. The van der Waals surface area contributed by atoms with Crippen LogP contribution in [0, 0.1) is 0 Å². The van der Waals surface area contributed by atoms with E-state index in [0.717, 1.165) is 5.52 Å². The fourth-order valence-electron chi connectivity index (χ4n) is 1.42. The van der Waals surface area contributed by atoms with Crippen molar-refractivity contribution in [1.29, 1.82) is 0 Å². The minimum Gasteiger partial charge on any atom is -0.478 e. The second-order valence-corrected chi connectivity index (χ2v) is 3.78. The standard InChI is InChI=1S/C9H7BrN2O2/c1-12-7-3-2-6(10)8(9(13)14)5(7)4-11-12/h2-4H,1H3,(H,13,14). The molecule has 0 saturated carbocycles. The molecule has 0 amide bonds. The smallest absolute Gasteiger partial charge is 0.337 e. The molecule has 0 aliphatic carbocycles. The third-order valence-corrected chi connectivity index (χ3v) is 2.76. The van der Waals surface area contributed by atoms with Crippen LogP contribution in [0.2, 0.25) is 0 Å². The molecular weight excluding hydrogens is 248 g/mol. The maximum Gasteiger partial charge on any atom is 0.337 e. The number of carboxylic acid groups (broad SMARTS) is 1. The molecule has 14 heavy (non-hydrogen) atoms. The molecule has 72 valence electrons. The van der Waals surface area contributed by atoms with Gasteiger partial charge in [-0.1, -0.05) is 0 Å². The highest BCUT2D eigenvalue weighted by atomic mass is 79.9. The van der Waals surface area contributed by atoms with Crippen LogP contribution in [0.1, 0.15) is 10.4 Å². The number of hydrogen-bond acceptors (Lipinski definition) is 2. The van der Waals surface area contributed by atoms with Crippen LogP contribution in [-0.2, 0) is 7.05 Å². The zero-order valence-electron chi connectivity index (χ0n) is 7.36. The van der Waals surface area contributed by atoms with Gasteiger partial charge >= 0.3 is 5.97 Å². The van der Waals surface area contributed by atoms with Crippen molar-refractivity contribution >= 4 is 32.8 Å². The molecule has 0 bridgehead atoms. The Morgan fingerprint density at radius 1 is 1.57 bits per heavy atom. The molecule has 1 heterocycles. The Balaban J connectivity index is 2.90. The third kappa shape index (κ3) is 1.21. The Labute approximate surface area is 88.3 Å². The van der Waals surface area contributed by atoms with Gasteiger partial charge in [0.15, 0.2) is 0 Å². The Kier molecular flexibility index (Phi) is 2.03. The fourth-order valence-corrected chi connectivity index (χ4v) is 1.93.